The molecule has 0 aliphatic carbocycles. The maximum atomic E-state index is 12.6. The maximum absolute atomic E-state index is 12.6. The zero-order valence-corrected chi connectivity index (χ0v) is 16.8. The van der Waals surface area contributed by atoms with Gasteiger partial charge in [0.25, 0.3) is 0 Å². The number of carbonyl (C=O) groups excluding carboxylic acids is 2. The summed E-state index contributed by atoms with van der Waals surface area (Å²) in [4.78, 5) is 25.5. The summed E-state index contributed by atoms with van der Waals surface area (Å²) in [5.41, 5.74) is 0.0958. The van der Waals surface area contributed by atoms with E-state index in [-0.39, 0.29) is 6.61 Å². The van der Waals surface area contributed by atoms with Crippen LogP contribution in [-0.2, 0) is 14.2 Å². The monoisotopic (exact) mass is 379 g/mol. The van der Waals surface area contributed by atoms with Gasteiger partial charge in [-0.2, -0.15) is 0 Å². The van der Waals surface area contributed by atoms with Gasteiger partial charge in [-0.15, -0.1) is 0 Å². The highest BCUT2D eigenvalue weighted by Gasteiger charge is 2.42. The number of aliphatic hydroxyl groups is 1. The minimum Gasteiger partial charge on any atom is -0.443 e. The van der Waals surface area contributed by atoms with Crippen LogP contribution in [0.25, 0.3) is 0 Å². The normalized spacial score (nSPS) is 19.4. The molecule has 0 saturated carbocycles. The summed E-state index contributed by atoms with van der Waals surface area (Å²) in [6, 6.07) is 7.24. The highest BCUT2D eigenvalue weighted by Crippen LogP contribution is 2.42. The maximum Gasteiger partial charge on any atom is 0.508 e. The zero-order valence-electron chi connectivity index (χ0n) is 16.8. The zero-order chi connectivity index (χ0) is 20.4. The molecule has 2 rings (SSSR count). The molecule has 7 heteroatoms. The summed E-state index contributed by atoms with van der Waals surface area (Å²) < 4.78 is 15.6. The molecule has 1 heterocycles. The van der Waals surface area contributed by atoms with Crippen molar-refractivity contribution in [3.8, 4) is 0 Å². The summed E-state index contributed by atoms with van der Waals surface area (Å²) in [6.07, 6.45) is -2.12. The first kappa shape index (κ1) is 21.0. The molecule has 0 radical (unpaired) electrons. The molecule has 0 fully saturated rings. The fourth-order valence-corrected chi connectivity index (χ4v) is 2.87. The van der Waals surface area contributed by atoms with Crippen LogP contribution in [0.3, 0.4) is 0 Å². The molecule has 1 aliphatic heterocycles. The molecule has 0 bridgehead atoms. The van der Waals surface area contributed by atoms with E-state index in [1.165, 1.54) is 4.90 Å². The van der Waals surface area contributed by atoms with Gasteiger partial charge in [-0.3, -0.25) is 4.90 Å². The molecule has 0 spiro atoms. The number of hydrogen-bond donors (Lipinski definition) is 1. The first-order chi connectivity index (χ1) is 12.4. The fourth-order valence-electron chi connectivity index (χ4n) is 2.87. The third-order valence-electron chi connectivity index (χ3n) is 3.85. The van der Waals surface area contributed by atoms with Gasteiger partial charge in [-0.1, -0.05) is 18.2 Å². The molecule has 2 unspecified atom stereocenters. The Balaban J connectivity index is 2.08. The van der Waals surface area contributed by atoms with Crippen molar-refractivity contribution < 1.29 is 28.9 Å². The third-order valence-corrected chi connectivity index (χ3v) is 3.85. The molecule has 1 aromatic rings. The number of anilines is 1. The van der Waals surface area contributed by atoms with Gasteiger partial charge < -0.3 is 19.3 Å². The molecule has 27 heavy (non-hydrogen) atoms. The first-order valence-corrected chi connectivity index (χ1v) is 9.04. The van der Waals surface area contributed by atoms with Crippen LogP contribution in [0.15, 0.2) is 24.3 Å². The van der Waals surface area contributed by atoms with Crippen molar-refractivity contribution in [1.29, 1.82) is 0 Å². The summed E-state index contributed by atoms with van der Waals surface area (Å²) in [5.74, 6) is -0.392. The van der Waals surface area contributed by atoms with Crippen molar-refractivity contribution in [1.82, 2.24) is 0 Å². The Morgan fingerprint density at radius 1 is 1.04 bits per heavy atom. The Kier molecular flexibility index (Phi) is 6.04. The SMILES string of the molecule is CC(C)(C)OC(=O)OCCC1c2ccccc2N(C(=O)OC(C)(C)C)C1O. The number of fused-ring (bicyclic) bond motifs is 1. The van der Waals surface area contributed by atoms with Crippen LogP contribution < -0.4 is 4.90 Å². The Morgan fingerprint density at radius 3 is 2.22 bits per heavy atom. The molecular formula is C20H29NO6. The lowest BCUT2D eigenvalue weighted by Crippen LogP contribution is -2.42. The summed E-state index contributed by atoms with van der Waals surface area (Å²) in [6.45, 7) is 10.6. The van der Waals surface area contributed by atoms with Gasteiger partial charge in [0.15, 0.2) is 0 Å². The number of ether oxygens (including phenoxy) is 3. The van der Waals surface area contributed by atoms with E-state index >= 15 is 0 Å². The molecule has 1 aromatic carbocycles. The van der Waals surface area contributed by atoms with Gasteiger partial charge in [0.05, 0.1) is 12.3 Å². The number of para-hydroxylation sites is 1. The highest BCUT2D eigenvalue weighted by molar-refractivity contribution is 5.91. The minimum atomic E-state index is -1.10. The van der Waals surface area contributed by atoms with Crippen molar-refractivity contribution >= 4 is 17.9 Å². The van der Waals surface area contributed by atoms with Crippen LogP contribution in [0.5, 0.6) is 0 Å². The van der Waals surface area contributed by atoms with Crippen LogP contribution >= 0.6 is 0 Å². The molecule has 7 nitrogen and oxygen atoms in total. The molecule has 1 N–H and O–H groups in total. The van der Waals surface area contributed by atoms with E-state index in [4.69, 9.17) is 14.2 Å². The number of carbonyl (C=O) groups is 2. The highest BCUT2D eigenvalue weighted by atomic mass is 16.7. The predicted octanol–water partition coefficient (Wildman–Crippen LogP) is 4.19. The predicted molar refractivity (Wildman–Crippen MR) is 101 cm³/mol. The number of hydrogen-bond acceptors (Lipinski definition) is 6. The van der Waals surface area contributed by atoms with Crippen molar-refractivity contribution in [2.75, 3.05) is 11.5 Å². The second kappa shape index (κ2) is 7.76. The quantitative estimate of drug-likeness (QED) is 0.793. The number of amides is 1. The summed E-state index contributed by atoms with van der Waals surface area (Å²) in [5, 5.41) is 10.7. The molecule has 1 aliphatic rings. The average molecular weight is 379 g/mol. The average Bonchev–Trinajstić information content (AvgIpc) is 2.76. The van der Waals surface area contributed by atoms with E-state index < -0.39 is 35.6 Å². The van der Waals surface area contributed by atoms with Crippen LogP contribution in [-0.4, -0.2) is 41.4 Å². The van der Waals surface area contributed by atoms with Gasteiger partial charge in [0.2, 0.25) is 0 Å². The molecular weight excluding hydrogens is 350 g/mol. The van der Waals surface area contributed by atoms with E-state index in [0.29, 0.717) is 12.1 Å². The largest absolute Gasteiger partial charge is 0.508 e. The van der Waals surface area contributed by atoms with Crippen LogP contribution in [0.1, 0.15) is 59.4 Å². The first-order valence-electron chi connectivity index (χ1n) is 9.04. The lowest BCUT2D eigenvalue weighted by molar-refractivity contribution is -0.0101. The Bertz CT molecular complexity index is 688. The lowest BCUT2D eigenvalue weighted by Gasteiger charge is -2.28. The second-order valence-corrected chi connectivity index (χ2v) is 8.53. The lowest BCUT2D eigenvalue weighted by atomic mass is 9.97. The van der Waals surface area contributed by atoms with Gasteiger partial charge in [0, 0.05) is 5.92 Å². The Hall–Kier alpha value is -2.28. The number of nitrogens with zero attached hydrogens (tertiary/aromatic N) is 1. The number of aliphatic hydroxyl groups excluding tert-OH is 1. The van der Waals surface area contributed by atoms with Gasteiger partial charge in [-0.25, -0.2) is 9.59 Å². The number of benzene rings is 1. The summed E-state index contributed by atoms with van der Waals surface area (Å²) >= 11 is 0. The minimum absolute atomic E-state index is 0.0626. The van der Waals surface area contributed by atoms with E-state index in [1.807, 2.05) is 12.1 Å². The van der Waals surface area contributed by atoms with Crippen LogP contribution in [0.2, 0.25) is 0 Å². The Morgan fingerprint density at radius 2 is 1.63 bits per heavy atom. The van der Waals surface area contributed by atoms with Gasteiger partial charge >= 0.3 is 12.2 Å². The van der Waals surface area contributed by atoms with Crippen LogP contribution in [0, 0.1) is 0 Å². The molecule has 0 saturated heterocycles. The van der Waals surface area contributed by atoms with Crippen LogP contribution in [0.4, 0.5) is 15.3 Å². The van der Waals surface area contributed by atoms with Gasteiger partial charge in [-0.05, 0) is 59.6 Å². The van der Waals surface area contributed by atoms with E-state index in [2.05, 4.69) is 0 Å². The fraction of sp³-hybridized carbons (Fsp3) is 0.600. The number of rotatable bonds is 3. The van der Waals surface area contributed by atoms with Crippen molar-refractivity contribution in [2.45, 2.75) is 71.3 Å². The van der Waals surface area contributed by atoms with Crippen molar-refractivity contribution in [3.63, 3.8) is 0 Å². The topological polar surface area (TPSA) is 85.3 Å². The molecule has 2 atom stereocenters. The third kappa shape index (κ3) is 5.60. The Labute approximate surface area is 160 Å². The standard InChI is InChI=1S/C20H29NO6/c1-19(2,3)26-17(23)21-15-10-8-7-9-13(15)14(16(21)22)11-12-25-18(24)27-20(4,5)6/h7-10,14,16,22H,11-12H2,1-6H3. The van der Waals surface area contributed by atoms with E-state index in [0.717, 1.165) is 5.56 Å². The van der Waals surface area contributed by atoms with E-state index in [9.17, 15) is 14.7 Å². The molecule has 1 amide bonds. The van der Waals surface area contributed by atoms with Gasteiger partial charge in [0.1, 0.15) is 17.4 Å². The van der Waals surface area contributed by atoms with Crippen molar-refractivity contribution in [3.05, 3.63) is 29.8 Å². The molecule has 0 aromatic heterocycles. The molecule has 150 valence electrons. The smallest absolute Gasteiger partial charge is 0.443 e. The second-order valence-electron chi connectivity index (χ2n) is 8.53. The van der Waals surface area contributed by atoms with E-state index in [1.54, 1.807) is 53.7 Å². The van der Waals surface area contributed by atoms with Crippen molar-refractivity contribution in [2.24, 2.45) is 0 Å². The summed E-state index contributed by atoms with van der Waals surface area (Å²) in [7, 11) is 0.